The predicted molar refractivity (Wildman–Crippen MR) is 88.4 cm³/mol. The molecular weight excluding hydrogens is 278 g/mol. The number of nitrogens with two attached hydrogens (primary N) is 1. The number of hydrogen-bond acceptors (Lipinski definition) is 4. The Morgan fingerprint density at radius 3 is 3.00 bits per heavy atom. The quantitative estimate of drug-likeness (QED) is 0.850. The molecular formula is C17H19N3O2. The molecule has 0 aliphatic carbocycles. The summed E-state index contributed by atoms with van der Waals surface area (Å²) in [5.74, 6) is 0.667. The summed E-state index contributed by atoms with van der Waals surface area (Å²) in [5.41, 5.74) is 9.59. The third-order valence-electron chi connectivity index (χ3n) is 3.79. The predicted octanol–water partition coefficient (Wildman–Crippen LogP) is 2.28. The molecule has 0 unspecified atom stereocenters. The van der Waals surface area contributed by atoms with Crippen molar-refractivity contribution in [2.24, 2.45) is 0 Å². The minimum atomic E-state index is -0.0523. The molecule has 22 heavy (non-hydrogen) atoms. The van der Waals surface area contributed by atoms with Crippen LogP contribution in [-0.4, -0.2) is 26.1 Å². The number of amides is 1. The lowest BCUT2D eigenvalue weighted by Crippen LogP contribution is -2.31. The van der Waals surface area contributed by atoms with Crippen molar-refractivity contribution in [2.45, 2.75) is 6.42 Å². The average Bonchev–Trinajstić information content (AvgIpc) is 2.89. The maximum Gasteiger partial charge on any atom is 0.243 e. The molecule has 3 N–H and O–H groups in total. The Hall–Kier alpha value is -2.69. The largest absolute Gasteiger partial charge is 0.497 e. The van der Waals surface area contributed by atoms with Gasteiger partial charge in [-0.05, 0) is 36.2 Å². The summed E-state index contributed by atoms with van der Waals surface area (Å²) in [6.07, 6.45) is 0.946. The first-order valence-electron chi connectivity index (χ1n) is 7.23. The molecule has 0 bridgehead atoms. The standard InChI is InChI=1S/C17H19N3O2/c1-22-15-4-2-3-14(10-15)19-17(21)11-20-8-7-12-5-6-13(18)9-16(12)20/h2-6,9-10H,7-8,11,18H2,1H3,(H,19,21). The maximum absolute atomic E-state index is 12.2. The highest BCUT2D eigenvalue weighted by Crippen LogP contribution is 2.29. The van der Waals surface area contributed by atoms with Crippen molar-refractivity contribution < 1.29 is 9.53 Å². The summed E-state index contributed by atoms with van der Waals surface area (Å²) in [5, 5.41) is 2.90. The van der Waals surface area contributed by atoms with Gasteiger partial charge in [-0.3, -0.25) is 4.79 Å². The molecule has 1 amide bonds. The van der Waals surface area contributed by atoms with Crippen LogP contribution in [0.5, 0.6) is 5.75 Å². The lowest BCUT2D eigenvalue weighted by atomic mass is 10.1. The van der Waals surface area contributed by atoms with Gasteiger partial charge in [0.05, 0.1) is 13.7 Å². The van der Waals surface area contributed by atoms with E-state index in [4.69, 9.17) is 10.5 Å². The van der Waals surface area contributed by atoms with Crippen LogP contribution in [0.25, 0.3) is 0 Å². The van der Waals surface area contributed by atoms with Gasteiger partial charge in [-0.15, -0.1) is 0 Å². The third-order valence-corrected chi connectivity index (χ3v) is 3.79. The molecule has 3 rings (SSSR count). The summed E-state index contributed by atoms with van der Waals surface area (Å²) in [7, 11) is 1.60. The van der Waals surface area contributed by atoms with Gasteiger partial charge < -0.3 is 20.7 Å². The first kappa shape index (κ1) is 14.3. The second kappa shape index (κ2) is 5.97. The Morgan fingerprint density at radius 1 is 1.32 bits per heavy atom. The van der Waals surface area contributed by atoms with Gasteiger partial charge in [0, 0.05) is 29.7 Å². The Balaban J connectivity index is 1.67. The van der Waals surface area contributed by atoms with E-state index in [1.54, 1.807) is 13.2 Å². The van der Waals surface area contributed by atoms with Gasteiger partial charge in [-0.2, -0.15) is 0 Å². The van der Waals surface area contributed by atoms with Gasteiger partial charge in [0.15, 0.2) is 0 Å². The van der Waals surface area contributed by atoms with Crippen molar-refractivity contribution in [3.05, 3.63) is 48.0 Å². The van der Waals surface area contributed by atoms with Gasteiger partial charge in [0.2, 0.25) is 5.91 Å². The summed E-state index contributed by atoms with van der Waals surface area (Å²) < 4.78 is 5.15. The first-order chi connectivity index (χ1) is 10.7. The lowest BCUT2D eigenvalue weighted by molar-refractivity contribution is -0.115. The summed E-state index contributed by atoms with van der Waals surface area (Å²) in [6.45, 7) is 1.15. The number of carbonyl (C=O) groups is 1. The van der Waals surface area contributed by atoms with Crippen molar-refractivity contribution in [3.8, 4) is 5.75 Å². The van der Waals surface area contributed by atoms with Crippen LogP contribution >= 0.6 is 0 Å². The zero-order chi connectivity index (χ0) is 15.5. The van der Waals surface area contributed by atoms with E-state index in [1.807, 2.05) is 36.4 Å². The highest BCUT2D eigenvalue weighted by molar-refractivity contribution is 5.94. The molecule has 0 fully saturated rings. The number of benzene rings is 2. The lowest BCUT2D eigenvalue weighted by Gasteiger charge is -2.19. The number of nitrogen functional groups attached to an aromatic ring is 1. The number of fused-ring (bicyclic) bond motifs is 1. The van der Waals surface area contributed by atoms with E-state index < -0.39 is 0 Å². The van der Waals surface area contributed by atoms with E-state index in [0.717, 1.165) is 35.8 Å². The van der Waals surface area contributed by atoms with Gasteiger partial charge in [0.25, 0.3) is 0 Å². The number of anilines is 3. The highest BCUT2D eigenvalue weighted by atomic mass is 16.5. The Morgan fingerprint density at radius 2 is 2.18 bits per heavy atom. The van der Waals surface area contributed by atoms with Crippen molar-refractivity contribution in [2.75, 3.05) is 36.1 Å². The van der Waals surface area contributed by atoms with Crippen molar-refractivity contribution >= 4 is 23.0 Å². The summed E-state index contributed by atoms with van der Waals surface area (Å²) >= 11 is 0. The molecule has 2 aromatic rings. The van der Waals surface area contributed by atoms with E-state index in [0.29, 0.717) is 6.54 Å². The second-order valence-corrected chi connectivity index (χ2v) is 5.34. The fourth-order valence-corrected chi connectivity index (χ4v) is 2.70. The van der Waals surface area contributed by atoms with Crippen LogP contribution in [-0.2, 0) is 11.2 Å². The molecule has 0 aromatic heterocycles. The SMILES string of the molecule is COc1cccc(NC(=O)CN2CCc3ccc(N)cc32)c1. The number of carbonyl (C=O) groups excluding carboxylic acids is 1. The Kier molecular flexibility index (Phi) is 3.87. The van der Waals surface area contributed by atoms with Gasteiger partial charge in [-0.25, -0.2) is 0 Å². The van der Waals surface area contributed by atoms with Crippen LogP contribution in [0.1, 0.15) is 5.56 Å². The Bertz CT molecular complexity index is 700. The fraction of sp³-hybridized carbons (Fsp3) is 0.235. The molecule has 0 saturated heterocycles. The van der Waals surface area contributed by atoms with Crippen molar-refractivity contribution in [3.63, 3.8) is 0 Å². The number of nitrogens with zero attached hydrogens (tertiary/aromatic N) is 1. The van der Waals surface area contributed by atoms with Crippen LogP contribution in [0.3, 0.4) is 0 Å². The van der Waals surface area contributed by atoms with Crippen LogP contribution < -0.4 is 20.7 Å². The minimum Gasteiger partial charge on any atom is -0.497 e. The zero-order valence-corrected chi connectivity index (χ0v) is 12.5. The number of methoxy groups -OCH3 is 1. The number of nitrogens with one attached hydrogen (secondary N) is 1. The van der Waals surface area contributed by atoms with Gasteiger partial charge in [0.1, 0.15) is 5.75 Å². The summed E-state index contributed by atoms with van der Waals surface area (Å²) in [6, 6.07) is 13.2. The number of hydrogen-bond donors (Lipinski definition) is 2. The smallest absolute Gasteiger partial charge is 0.243 e. The molecule has 114 valence electrons. The van der Waals surface area contributed by atoms with Crippen LogP contribution in [0, 0.1) is 0 Å². The molecule has 5 nitrogen and oxygen atoms in total. The molecule has 1 aliphatic heterocycles. The molecule has 0 saturated carbocycles. The van der Waals surface area contributed by atoms with E-state index in [-0.39, 0.29) is 5.91 Å². The fourth-order valence-electron chi connectivity index (χ4n) is 2.70. The topological polar surface area (TPSA) is 67.6 Å². The van der Waals surface area contributed by atoms with Crippen LogP contribution in [0.2, 0.25) is 0 Å². The van der Waals surface area contributed by atoms with E-state index >= 15 is 0 Å². The van der Waals surface area contributed by atoms with Crippen molar-refractivity contribution in [1.82, 2.24) is 0 Å². The zero-order valence-electron chi connectivity index (χ0n) is 12.5. The number of rotatable bonds is 4. The minimum absolute atomic E-state index is 0.0523. The first-order valence-corrected chi connectivity index (χ1v) is 7.23. The molecule has 0 spiro atoms. The monoisotopic (exact) mass is 297 g/mol. The molecule has 2 aromatic carbocycles. The van der Waals surface area contributed by atoms with Gasteiger partial charge in [-0.1, -0.05) is 12.1 Å². The average molecular weight is 297 g/mol. The molecule has 5 heteroatoms. The van der Waals surface area contributed by atoms with Crippen molar-refractivity contribution in [1.29, 1.82) is 0 Å². The van der Waals surface area contributed by atoms with E-state index in [9.17, 15) is 4.79 Å². The normalized spacial score (nSPS) is 12.9. The van der Waals surface area contributed by atoms with E-state index in [1.165, 1.54) is 5.56 Å². The highest BCUT2D eigenvalue weighted by Gasteiger charge is 2.21. The third kappa shape index (κ3) is 2.98. The van der Waals surface area contributed by atoms with E-state index in [2.05, 4.69) is 10.2 Å². The van der Waals surface area contributed by atoms with Gasteiger partial charge >= 0.3 is 0 Å². The molecule has 0 radical (unpaired) electrons. The van der Waals surface area contributed by atoms with Crippen LogP contribution in [0.4, 0.5) is 17.1 Å². The summed E-state index contributed by atoms with van der Waals surface area (Å²) in [4.78, 5) is 14.3. The maximum atomic E-state index is 12.2. The molecule has 0 atom stereocenters. The Labute approximate surface area is 129 Å². The molecule has 1 heterocycles. The van der Waals surface area contributed by atoms with Crippen LogP contribution in [0.15, 0.2) is 42.5 Å². The second-order valence-electron chi connectivity index (χ2n) is 5.34. The number of ether oxygens (including phenoxy) is 1. The molecule has 1 aliphatic rings.